The molecule has 0 spiro atoms. The number of nitrogens with one attached hydrogen (secondary N) is 1. The van der Waals surface area contributed by atoms with Crippen molar-refractivity contribution in [1.29, 1.82) is 0 Å². The minimum atomic E-state index is -0.615. The number of aliphatic hydroxyl groups excluding tert-OH is 2. The van der Waals surface area contributed by atoms with Crippen LogP contribution in [0, 0.1) is 0 Å². The van der Waals surface area contributed by atoms with Gasteiger partial charge in [-0.15, -0.1) is 0 Å². The van der Waals surface area contributed by atoms with Gasteiger partial charge in [-0.3, -0.25) is 0 Å². The fourth-order valence-electron chi connectivity index (χ4n) is 3.76. The maximum absolute atomic E-state index is 10.3. The van der Waals surface area contributed by atoms with E-state index in [2.05, 4.69) is 62.5 Å². The summed E-state index contributed by atoms with van der Waals surface area (Å²) in [5.74, 6) is 1.49. The van der Waals surface area contributed by atoms with E-state index in [9.17, 15) is 10.2 Å². The fourth-order valence-corrected chi connectivity index (χ4v) is 3.76. The number of hydrogen-bond donors (Lipinski definition) is 3. The first-order chi connectivity index (χ1) is 16.8. The van der Waals surface area contributed by atoms with E-state index in [1.165, 1.54) is 11.1 Å². The smallest absolute Gasteiger partial charge is 0.119 e. The Morgan fingerprint density at radius 2 is 1.20 bits per heavy atom. The molecule has 2 unspecified atom stereocenters. The van der Waals surface area contributed by atoms with Crippen LogP contribution in [-0.2, 0) is 11.8 Å². The van der Waals surface area contributed by atoms with Gasteiger partial charge in [0.15, 0.2) is 0 Å². The van der Waals surface area contributed by atoms with E-state index < -0.39 is 12.2 Å². The van der Waals surface area contributed by atoms with Crippen LogP contribution in [0.25, 0.3) is 0 Å². The molecule has 0 saturated heterocycles. The Hall–Kier alpha value is -3.02. The minimum absolute atomic E-state index is 0.198. The topological polar surface area (TPSA) is 71.0 Å². The zero-order valence-corrected chi connectivity index (χ0v) is 21.3. The second-order valence-corrected chi connectivity index (χ2v) is 9.44. The first kappa shape index (κ1) is 26.6. The van der Waals surface area contributed by atoms with Crippen molar-refractivity contribution in [2.24, 2.45) is 0 Å². The second kappa shape index (κ2) is 12.6. The quantitative estimate of drug-likeness (QED) is 0.300. The van der Waals surface area contributed by atoms with Crippen molar-refractivity contribution in [2.75, 3.05) is 25.1 Å². The van der Waals surface area contributed by atoms with Gasteiger partial charge >= 0.3 is 0 Å². The molecule has 0 aliphatic carbocycles. The van der Waals surface area contributed by atoms with Crippen molar-refractivity contribution < 1.29 is 19.7 Å². The average molecular weight is 478 g/mol. The van der Waals surface area contributed by atoms with E-state index in [4.69, 9.17) is 9.47 Å². The summed E-state index contributed by atoms with van der Waals surface area (Å²) in [6, 6.07) is 24.3. The highest BCUT2D eigenvalue weighted by Gasteiger charge is 2.23. The van der Waals surface area contributed by atoms with E-state index in [0.29, 0.717) is 19.6 Å². The van der Waals surface area contributed by atoms with Gasteiger partial charge in [0.25, 0.3) is 0 Å². The zero-order chi connectivity index (χ0) is 25.3. The maximum atomic E-state index is 10.3. The molecule has 2 atom stereocenters. The molecule has 3 rings (SSSR count). The lowest BCUT2D eigenvalue weighted by atomic mass is 9.78. The Labute approximate surface area is 209 Å². The van der Waals surface area contributed by atoms with E-state index in [-0.39, 0.29) is 12.0 Å². The first-order valence-corrected chi connectivity index (χ1v) is 12.5. The van der Waals surface area contributed by atoms with Crippen molar-refractivity contribution in [3.63, 3.8) is 0 Å². The SMILES string of the molecule is CCc1ccc(NCC(O)COc2ccc(C(C)(C)c3ccc(OCC(O)CC)cc3)cc2)cc1. The monoisotopic (exact) mass is 477 g/mol. The molecule has 3 N–H and O–H groups in total. The highest BCUT2D eigenvalue weighted by molar-refractivity contribution is 5.45. The molecule has 0 aliphatic rings. The minimum Gasteiger partial charge on any atom is -0.491 e. The normalized spacial score (nSPS) is 13.2. The molecule has 3 aromatic rings. The average Bonchev–Trinajstić information content (AvgIpc) is 2.90. The third kappa shape index (κ3) is 7.74. The number of rotatable bonds is 13. The molecule has 0 aliphatic heterocycles. The summed E-state index contributed by atoms with van der Waals surface area (Å²) in [4.78, 5) is 0. The van der Waals surface area contributed by atoms with Crippen LogP contribution >= 0.6 is 0 Å². The lowest BCUT2D eigenvalue weighted by Crippen LogP contribution is -2.26. The Morgan fingerprint density at radius 1 is 0.714 bits per heavy atom. The van der Waals surface area contributed by atoms with Gasteiger partial charge in [-0.05, 0) is 65.9 Å². The van der Waals surface area contributed by atoms with E-state index in [1.54, 1.807) is 0 Å². The number of aryl methyl sites for hydroxylation is 1. The lowest BCUT2D eigenvalue weighted by molar-refractivity contribution is 0.104. The van der Waals surface area contributed by atoms with Crippen LogP contribution in [0.5, 0.6) is 11.5 Å². The number of ether oxygens (including phenoxy) is 2. The van der Waals surface area contributed by atoms with Crippen molar-refractivity contribution in [3.8, 4) is 11.5 Å². The van der Waals surface area contributed by atoms with Gasteiger partial charge < -0.3 is 25.0 Å². The van der Waals surface area contributed by atoms with Crippen molar-refractivity contribution in [1.82, 2.24) is 0 Å². The Morgan fingerprint density at radius 3 is 1.66 bits per heavy atom. The highest BCUT2D eigenvalue weighted by atomic mass is 16.5. The largest absolute Gasteiger partial charge is 0.491 e. The van der Waals surface area contributed by atoms with Gasteiger partial charge in [0.1, 0.15) is 30.8 Å². The molecule has 0 radical (unpaired) electrons. The van der Waals surface area contributed by atoms with Crippen LogP contribution in [0.1, 0.15) is 50.8 Å². The third-order valence-electron chi connectivity index (χ3n) is 6.41. The number of benzene rings is 3. The molecule has 0 fully saturated rings. The van der Waals surface area contributed by atoms with Crippen molar-refractivity contribution >= 4 is 5.69 Å². The molecule has 0 aromatic heterocycles. The lowest BCUT2D eigenvalue weighted by Gasteiger charge is -2.26. The van der Waals surface area contributed by atoms with Gasteiger partial charge in [0, 0.05) is 17.6 Å². The molecule has 0 amide bonds. The van der Waals surface area contributed by atoms with Gasteiger partial charge in [-0.2, -0.15) is 0 Å². The molecular formula is C30H39NO4. The molecule has 35 heavy (non-hydrogen) atoms. The molecule has 5 heteroatoms. The van der Waals surface area contributed by atoms with Gasteiger partial charge in [0.05, 0.1) is 6.10 Å². The summed E-state index contributed by atoms with van der Waals surface area (Å²) in [5.41, 5.74) is 4.42. The first-order valence-electron chi connectivity index (χ1n) is 12.5. The summed E-state index contributed by atoms with van der Waals surface area (Å²) >= 11 is 0. The summed E-state index contributed by atoms with van der Waals surface area (Å²) in [6.07, 6.45) is 0.630. The molecule has 3 aromatic carbocycles. The maximum Gasteiger partial charge on any atom is 0.119 e. The molecule has 0 saturated carbocycles. The van der Waals surface area contributed by atoms with Crippen molar-refractivity contribution in [3.05, 3.63) is 89.5 Å². The molecule has 0 heterocycles. The van der Waals surface area contributed by atoms with Crippen LogP contribution in [-0.4, -0.2) is 42.2 Å². The second-order valence-electron chi connectivity index (χ2n) is 9.44. The van der Waals surface area contributed by atoms with E-state index in [1.807, 2.05) is 43.3 Å². The van der Waals surface area contributed by atoms with Crippen LogP contribution in [0.15, 0.2) is 72.8 Å². The summed E-state index contributed by atoms with van der Waals surface area (Å²) in [6.45, 7) is 9.38. The van der Waals surface area contributed by atoms with Gasteiger partial charge in [0.2, 0.25) is 0 Å². The Balaban J connectivity index is 1.50. The predicted octanol–water partition coefficient (Wildman–Crippen LogP) is 5.58. The van der Waals surface area contributed by atoms with Crippen LogP contribution in [0.4, 0.5) is 5.69 Å². The van der Waals surface area contributed by atoms with Gasteiger partial charge in [-0.1, -0.05) is 64.1 Å². The number of hydrogen-bond acceptors (Lipinski definition) is 5. The Bertz CT molecular complexity index is 1010. The molecule has 5 nitrogen and oxygen atoms in total. The van der Waals surface area contributed by atoms with Crippen LogP contribution in [0.3, 0.4) is 0 Å². The summed E-state index contributed by atoms with van der Waals surface area (Å²) in [7, 11) is 0. The third-order valence-corrected chi connectivity index (χ3v) is 6.41. The predicted molar refractivity (Wildman–Crippen MR) is 143 cm³/mol. The molecular weight excluding hydrogens is 438 g/mol. The molecule has 0 bridgehead atoms. The van der Waals surface area contributed by atoms with Gasteiger partial charge in [-0.25, -0.2) is 0 Å². The standard InChI is InChI=1S/C30H39NO4/c1-5-22-7-13-25(14-8-22)31-19-27(33)21-35-29-17-11-24(12-18-29)30(3,4)23-9-15-28(16-10-23)34-20-26(32)6-2/h7-18,26-27,31-33H,5-6,19-21H2,1-4H3. The van der Waals surface area contributed by atoms with E-state index in [0.717, 1.165) is 29.2 Å². The number of anilines is 1. The fraction of sp³-hybridized carbons (Fsp3) is 0.400. The summed E-state index contributed by atoms with van der Waals surface area (Å²) in [5, 5.41) is 23.2. The van der Waals surface area contributed by atoms with Crippen LogP contribution < -0.4 is 14.8 Å². The van der Waals surface area contributed by atoms with Crippen molar-refractivity contribution in [2.45, 2.75) is 58.2 Å². The number of aliphatic hydroxyl groups is 2. The summed E-state index contributed by atoms with van der Waals surface area (Å²) < 4.78 is 11.5. The molecule has 188 valence electrons. The zero-order valence-electron chi connectivity index (χ0n) is 21.3. The van der Waals surface area contributed by atoms with Crippen LogP contribution in [0.2, 0.25) is 0 Å². The highest BCUT2D eigenvalue weighted by Crippen LogP contribution is 2.33. The Kier molecular flexibility index (Phi) is 9.58. The van der Waals surface area contributed by atoms with E-state index >= 15 is 0 Å².